The topological polar surface area (TPSA) is 128 Å². The normalized spacial score (nSPS) is 13.9. The number of hydrogen-bond donors (Lipinski definition) is 1. The minimum absolute atomic E-state index is 0.0808. The van der Waals surface area contributed by atoms with E-state index in [1.807, 2.05) is 10.9 Å². The number of aryl methyl sites for hydroxylation is 7. The van der Waals surface area contributed by atoms with Gasteiger partial charge in [-0.2, -0.15) is 10.2 Å². The maximum atomic E-state index is 10.8. The number of hydrazone groups is 1. The number of anilines is 1. The number of nitro groups is 2. The molecule has 0 fully saturated rings. The minimum atomic E-state index is -0.405. The van der Waals surface area contributed by atoms with Crippen molar-refractivity contribution in [2.45, 2.75) is 59.8 Å². The van der Waals surface area contributed by atoms with Gasteiger partial charge < -0.3 is 0 Å². The predicted octanol–water partition coefficient (Wildman–Crippen LogP) is 8.53. The summed E-state index contributed by atoms with van der Waals surface area (Å²) in [6, 6.07) is 21.7. The van der Waals surface area contributed by atoms with Crippen molar-refractivity contribution < 1.29 is 9.85 Å². The molecule has 0 spiro atoms. The van der Waals surface area contributed by atoms with Gasteiger partial charge in [-0.15, -0.1) is 0 Å². The van der Waals surface area contributed by atoms with Gasteiger partial charge in [0, 0.05) is 41.6 Å². The molecule has 47 heavy (non-hydrogen) atoms. The van der Waals surface area contributed by atoms with Crippen LogP contribution in [0.1, 0.15) is 57.3 Å². The van der Waals surface area contributed by atoms with E-state index in [4.69, 9.17) is 5.10 Å². The molecule has 0 saturated heterocycles. The molecule has 2 aliphatic carbocycles. The number of nitrogens with zero attached hydrogens (tertiary/aromatic N) is 5. The van der Waals surface area contributed by atoms with E-state index in [0.717, 1.165) is 54.9 Å². The van der Waals surface area contributed by atoms with Gasteiger partial charge in [0.1, 0.15) is 0 Å². The highest BCUT2D eigenvalue weighted by atomic mass is 16.6. The van der Waals surface area contributed by atoms with Gasteiger partial charge in [-0.1, -0.05) is 12.1 Å². The summed E-state index contributed by atoms with van der Waals surface area (Å²) in [7, 11) is 0. The molecular weight excluding hydrogens is 592 g/mol. The van der Waals surface area contributed by atoms with Crippen LogP contribution in [0.4, 0.5) is 17.1 Å². The highest BCUT2D eigenvalue weighted by molar-refractivity contribution is 6.03. The van der Waals surface area contributed by atoms with Gasteiger partial charge in [-0.05, 0) is 135 Å². The van der Waals surface area contributed by atoms with E-state index < -0.39 is 4.92 Å². The minimum Gasteiger partial charge on any atom is -0.278 e. The lowest BCUT2D eigenvalue weighted by Crippen LogP contribution is -2.14. The molecule has 10 nitrogen and oxygen atoms in total. The number of nitrogens with one attached hydrogen (secondary N) is 1. The molecule has 1 aromatic heterocycles. The van der Waals surface area contributed by atoms with Gasteiger partial charge >= 0.3 is 0 Å². The average molecular weight is 629 g/mol. The molecule has 1 N–H and O–H groups in total. The summed E-state index contributed by atoms with van der Waals surface area (Å²) < 4.78 is 1.82. The largest absolute Gasteiger partial charge is 0.278 e. The Hall–Kier alpha value is -5.64. The maximum Gasteiger partial charge on any atom is 0.269 e. The summed E-state index contributed by atoms with van der Waals surface area (Å²) in [5.41, 5.74) is 18.4. The predicted molar refractivity (Wildman–Crippen MR) is 185 cm³/mol. The van der Waals surface area contributed by atoms with Crippen molar-refractivity contribution in [3.63, 3.8) is 0 Å². The van der Waals surface area contributed by atoms with Crippen molar-refractivity contribution in [1.82, 2.24) is 9.78 Å². The van der Waals surface area contributed by atoms with E-state index in [1.165, 1.54) is 74.3 Å². The summed E-state index contributed by atoms with van der Waals surface area (Å²) in [5, 5.41) is 30.8. The van der Waals surface area contributed by atoms with Crippen LogP contribution in [0.2, 0.25) is 0 Å². The molecular formula is C37H36N6O4. The third-order valence-corrected chi connectivity index (χ3v) is 9.04. The van der Waals surface area contributed by atoms with Crippen LogP contribution in [0.3, 0.4) is 0 Å². The Bertz CT molecular complexity index is 2030. The van der Waals surface area contributed by atoms with Crippen molar-refractivity contribution in [3.05, 3.63) is 144 Å². The Morgan fingerprint density at radius 1 is 0.681 bits per heavy atom. The first-order valence-corrected chi connectivity index (χ1v) is 15.7. The highest BCUT2D eigenvalue weighted by Crippen LogP contribution is 2.35. The van der Waals surface area contributed by atoms with Gasteiger partial charge in [0.15, 0.2) is 0 Å². The van der Waals surface area contributed by atoms with Crippen LogP contribution < -0.4 is 5.43 Å². The SMILES string of the molecule is Cc1cc2c(cc1C)-c1nn(-c3ccc([N+](=O)[O-])cc3)cc1CC2.Cc1cc2c(cc1C)/C(=N/Nc1ccc([N+](=O)[O-])cc1)CCC2. The number of fused-ring (bicyclic) bond motifs is 4. The lowest BCUT2D eigenvalue weighted by atomic mass is 9.87. The molecule has 0 atom stereocenters. The van der Waals surface area contributed by atoms with Crippen LogP contribution in [0, 0.1) is 47.9 Å². The van der Waals surface area contributed by atoms with Crippen LogP contribution in [0.5, 0.6) is 0 Å². The Kier molecular flexibility index (Phi) is 8.67. The third-order valence-electron chi connectivity index (χ3n) is 9.04. The standard InChI is InChI=1S/C19H17N3O2.C18H19N3O2/c1-12-9-14-3-4-15-11-21(20-19(15)18(14)10-13(12)2)16-5-7-17(8-6-16)22(23)24;1-12-10-14-4-3-5-18(17(14)11-13(12)2)20-19-15-6-8-16(9-7-15)21(22)23/h5-11H,3-4H2,1-2H3;6-11,19H,3-5H2,1-2H3/b;20-18+. The van der Waals surface area contributed by atoms with Gasteiger partial charge in [0.2, 0.25) is 0 Å². The van der Waals surface area contributed by atoms with E-state index in [1.54, 1.807) is 24.3 Å². The molecule has 0 unspecified atom stereocenters. The fourth-order valence-corrected chi connectivity index (χ4v) is 6.09. The van der Waals surface area contributed by atoms with Gasteiger partial charge in [-0.25, -0.2) is 4.68 Å². The lowest BCUT2D eigenvalue weighted by Gasteiger charge is -2.20. The number of non-ortho nitro benzene ring substituents is 2. The van der Waals surface area contributed by atoms with Crippen LogP contribution in [0.15, 0.2) is 84.1 Å². The summed E-state index contributed by atoms with van der Waals surface area (Å²) in [5.74, 6) is 0. The molecule has 1 heterocycles. The zero-order chi connectivity index (χ0) is 33.2. The Morgan fingerprint density at radius 2 is 1.21 bits per heavy atom. The molecule has 0 aliphatic heterocycles. The second-order valence-corrected chi connectivity index (χ2v) is 12.2. The van der Waals surface area contributed by atoms with Crippen molar-refractivity contribution in [1.29, 1.82) is 0 Å². The molecule has 10 heteroatoms. The molecule has 0 radical (unpaired) electrons. The molecule has 238 valence electrons. The molecule has 2 aliphatic rings. The second kappa shape index (κ2) is 13.0. The van der Waals surface area contributed by atoms with Gasteiger partial charge in [-0.3, -0.25) is 25.7 Å². The maximum absolute atomic E-state index is 10.8. The van der Waals surface area contributed by atoms with E-state index >= 15 is 0 Å². The number of benzene rings is 4. The Balaban J connectivity index is 0.000000165. The van der Waals surface area contributed by atoms with Gasteiger partial charge in [0.25, 0.3) is 11.4 Å². The average Bonchev–Trinajstić information content (AvgIpc) is 3.51. The first-order chi connectivity index (χ1) is 22.6. The molecule has 4 aromatic carbocycles. The van der Waals surface area contributed by atoms with E-state index in [-0.39, 0.29) is 16.3 Å². The van der Waals surface area contributed by atoms with E-state index in [2.05, 4.69) is 62.5 Å². The molecule has 0 saturated carbocycles. The van der Waals surface area contributed by atoms with Gasteiger partial charge in [0.05, 0.1) is 32.6 Å². The second-order valence-electron chi connectivity index (χ2n) is 12.2. The number of aromatic nitrogens is 2. The van der Waals surface area contributed by atoms with Crippen LogP contribution in [0.25, 0.3) is 16.9 Å². The smallest absolute Gasteiger partial charge is 0.269 e. The van der Waals surface area contributed by atoms with E-state index in [0.29, 0.717) is 0 Å². The summed E-state index contributed by atoms with van der Waals surface area (Å²) in [6.45, 7) is 8.51. The van der Waals surface area contributed by atoms with Crippen molar-refractivity contribution in [3.8, 4) is 16.9 Å². The van der Waals surface area contributed by atoms with Crippen molar-refractivity contribution in [2.24, 2.45) is 5.10 Å². The Morgan fingerprint density at radius 3 is 1.83 bits per heavy atom. The first-order valence-electron chi connectivity index (χ1n) is 15.7. The monoisotopic (exact) mass is 628 g/mol. The third kappa shape index (κ3) is 6.67. The fourth-order valence-electron chi connectivity index (χ4n) is 6.09. The molecule has 5 aromatic rings. The summed E-state index contributed by atoms with van der Waals surface area (Å²) in [4.78, 5) is 20.7. The molecule has 0 amide bonds. The zero-order valence-electron chi connectivity index (χ0n) is 26.9. The first kappa shape index (κ1) is 31.3. The zero-order valence-corrected chi connectivity index (χ0v) is 26.9. The molecule has 7 rings (SSSR count). The van der Waals surface area contributed by atoms with E-state index in [9.17, 15) is 20.2 Å². The van der Waals surface area contributed by atoms with Crippen LogP contribution >= 0.6 is 0 Å². The summed E-state index contributed by atoms with van der Waals surface area (Å²) >= 11 is 0. The van der Waals surface area contributed by atoms with Crippen molar-refractivity contribution >= 4 is 22.8 Å². The quantitative estimate of drug-likeness (QED) is 0.153. The summed E-state index contributed by atoms with van der Waals surface area (Å²) in [6.07, 6.45) is 7.15. The van der Waals surface area contributed by atoms with Crippen LogP contribution in [-0.2, 0) is 19.3 Å². The fraction of sp³-hybridized carbons (Fsp3) is 0.243. The van der Waals surface area contributed by atoms with Crippen LogP contribution in [-0.4, -0.2) is 25.3 Å². The lowest BCUT2D eigenvalue weighted by molar-refractivity contribution is -0.385. The number of rotatable bonds is 5. The molecule has 0 bridgehead atoms. The number of nitro benzene ring substituents is 2. The Labute approximate surface area is 273 Å². The highest BCUT2D eigenvalue weighted by Gasteiger charge is 2.21. The number of hydrogen-bond acceptors (Lipinski definition) is 7. The van der Waals surface area contributed by atoms with Crippen molar-refractivity contribution in [2.75, 3.05) is 5.43 Å².